The average molecular weight is 303 g/mol. The van der Waals surface area contributed by atoms with Gasteiger partial charge in [0.2, 0.25) is 0 Å². The fourth-order valence-corrected chi connectivity index (χ4v) is 3.75. The van der Waals surface area contributed by atoms with Crippen molar-refractivity contribution in [2.24, 2.45) is 0 Å². The predicted molar refractivity (Wildman–Crippen MR) is 85.6 cm³/mol. The van der Waals surface area contributed by atoms with Gasteiger partial charge in [0.15, 0.2) is 11.5 Å². The molecule has 1 atom stereocenters. The Bertz CT molecular complexity index is 517. The summed E-state index contributed by atoms with van der Waals surface area (Å²) in [6.45, 7) is 9.38. The van der Waals surface area contributed by atoms with Gasteiger partial charge in [-0.3, -0.25) is 9.80 Å². The Morgan fingerprint density at radius 2 is 1.86 bits per heavy atom. The van der Waals surface area contributed by atoms with Crippen LogP contribution in [0, 0.1) is 0 Å². The zero-order valence-electron chi connectivity index (χ0n) is 13.1. The van der Waals surface area contributed by atoms with Gasteiger partial charge in [-0.25, -0.2) is 0 Å². The zero-order valence-corrected chi connectivity index (χ0v) is 13.1. The average Bonchev–Trinajstić information content (AvgIpc) is 3.04. The summed E-state index contributed by atoms with van der Waals surface area (Å²) in [6.07, 6.45) is 1.30. The maximum absolute atomic E-state index is 5.69. The molecule has 3 aliphatic rings. The van der Waals surface area contributed by atoms with Crippen LogP contribution in [0.2, 0.25) is 0 Å². The number of benzene rings is 1. The molecular weight excluding hydrogens is 278 g/mol. The Balaban J connectivity index is 1.36. The van der Waals surface area contributed by atoms with Gasteiger partial charge >= 0.3 is 0 Å². The molecular formula is C17H25N3O2. The van der Waals surface area contributed by atoms with Crippen molar-refractivity contribution in [3.63, 3.8) is 0 Å². The summed E-state index contributed by atoms with van der Waals surface area (Å²) in [5.74, 6) is 1.79. The molecule has 1 aromatic carbocycles. The standard InChI is InChI=1S/C17H25N3O2/c1-2-16-17(22-10-9-21-16)11-14(1)12-19-6-3-15(13-19)20-7-4-18-5-8-20/h1-2,11,15,18H,3-10,12-13H2. The Morgan fingerprint density at radius 3 is 2.73 bits per heavy atom. The first-order valence-electron chi connectivity index (χ1n) is 8.44. The van der Waals surface area contributed by atoms with Crippen molar-refractivity contribution in [2.75, 3.05) is 52.5 Å². The van der Waals surface area contributed by atoms with Crippen molar-refractivity contribution in [1.82, 2.24) is 15.1 Å². The molecule has 0 saturated carbocycles. The topological polar surface area (TPSA) is 37.0 Å². The maximum Gasteiger partial charge on any atom is 0.161 e. The molecule has 22 heavy (non-hydrogen) atoms. The summed E-state index contributed by atoms with van der Waals surface area (Å²) < 4.78 is 11.3. The Labute approximate surface area is 132 Å². The lowest BCUT2D eigenvalue weighted by molar-refractivity contribution is 0.168. The van der Waals surface area contributed by atoms with Crippen molar-refractivity contribution in [3.05, 3.63) is 23.8 Å². The Morgan fingerprint density at radius 1 is 1.05 bits per heavy atom. The molecule has 3 heterocycles. The number of fused-ring (bicyclic) bond motifs is 1. The summed E-state index contributed by atoms with van der Waals surface area (Å²) in [5.41, 5.74) is 1.32. The smallest absolute Gasteiger partial charge is 0.161 e. The molecule has 2 fully saturated rings. The highest BCUT2D eigenvalue weighted by Crippen LogP contribution is 2.31. The van der Waals surface area contributed by atoms with E-state index in [0.29, 0.717) is 13.2 Å². The molecule has 1 N–H and O–H groups in total. The van der Waals surface area contributed by atoms with E-state index in [9.17, 15) is 0 Å². The molecule has 0 aromatic heterocycles. The number of likely N-dealkylation sites (tertiary alicyclic amines) is 1. The number of nitrogens with one attached hydrogen (secondary N) is 1. The first kappa shape index (κ1) is 14.3. The first-order chi connectivity index (χ1) is 10.9. The number of rotatable bonds is 3. The SMILES string of the molecule is c1cc2c(cc1CN1CCC(N3CCNCC3)C1)OCCO2. The molecule has 1 unspecified atom stereocenters. The maximum atomic E-state index is 5.69. The third-order valence-electron chi connectivity index (χ3n) is 4.93. The lowest BCUT2D eigenvalue weighted by atomic mass is 10.2. The van der Waals surface area contributed by atoms with Crippen LogP contribution in [0.1, 0.15) is 12.0 Å². The van der Waals surface area contributed by atoms with Crippen LogP contribution in [0.5, 0.6) is 11.5 Å². The third-order valence-corrected chi connectivity index (χ3v) is 4.93. The van der Waals surface area contributed by atoms with E-state index in [1.165, 1.54) is 38.2 Å². The number of nitrogens with zero attached hydrogens (tertiary/aromatic N) is 2. The fourth-order valence-electron chi connectivity index (χ4n) is 3.75. The minimum atomic E-state index is 0.658. The highest BCUT2D eigenvalue weighted by Gasteiger charge is 2.28. The van der Waals surface area contributed by atoms with Gasteiger partial charge in [0.05, 0.1) is 0 Å². The zero-order chi connectivity index (χ0) is 14.8. The van der Waals surface area contributed by atoms with Gasteiger partial charge in [-0.05, 0) is 24.1 Å². The molecule has 0 aliphatic carbocycles. The van der Waals surface area contributed by atoms with Gasteiger partial charge in [0, 0.05) is 51.9 Å². The minimum absolute atomic E-state index is 0.658. The van der Waals surface area contributed by atoms with Crippen molar-refractivity contribution in [1.29, 1.82) is 0 Å². The van der Waals surface area contributed by atoms with Crippen LogP contribution in [0.15, 0.2) is 18.2 Å². The highest BCUT2D eigenvalue weighted by atomic mass is 16.6. The summed E-state index contributed by atoms with van der Waals surface area (Å²) in [4.78, 5) is 5.22. The fraction of sp³-hybridized carbons (Fsp3) is 0.647. The number of hydrogen-bond acceptors (Lipinski definition) is 5. The Hall–Kier alpha value is -1.30. The van der Waals surface area contributed by atoms with Crippen LogP contribution in [0.4, 0.5) is 0 Å². The second kappa shape index (κ2) is 6.44. The van der Waals surface area contributed by atoms with E-state index < -0.39 is 0 Å². The normalized spacial score (nSPS) is 26.3. The number of piperazine rings is 1. The molecule has 0 bridgehead atoms. The molecule has 0 spiro atoms. The van der Waals surface area contributed by atoms with Gasteiger partial charge in [-0.15, -0.1) is 0 Å². The van der Waals surface area contributed by atoms with Crippen molar-refractivity contribution in [3.8, 4) is 11.5 Å². The monoisotopic (exact) mass is 303 g/mol. The summed E-state index contributed by atoms with van der Waals surface area (Å²) in [7, 11) is 0. The largest absolute Gasteiger partial charge is 0.486 e. The molecule has 4 rings (SSSR count). The molecule has 0 amide bonds. The lowest BCUT2D eigenvalue weighted by Gasteiger charge is -2.32. The predicted octanol–water partition coefficient (Wildman–Crippen LogP) is 0.937. The van der Waals surface area contributed by atoms with Crippen molar-refractivity contribution >= 4 is 0 Å². The van der Waals surface area contributed by atoms with Crippen molar-refractivity contribution < 1.29 is 9.47 Å². The van der Waals surface area contributed by atoms with Gasteiger partial charge in [0.25, 0.3) is 0 Å². The third kappa shape index (κ3) is 3.07. The van der Waals surface area contributed by atoms with E-state index in [0.717, 1.165) is 37.2 Å². The summed E-state index contributed by atoms with van der Waals surface area (Å²) in [6, 6.07) is 7.10. The number of hydrogen-bond donors (Lipinski definition) is 1. The first-order valence-corrected chi connectivity index (χ1v) is 8.44. The van der Waals surface area contributed by atoms with Crippen LogP contribution < -0.4 is 14.8 Å². The van der Waals surface area contributed by atoms with Crippen LogP contribution in [0.25, 0.3) is 0 Å². The molecule has 5 heteroatoms. The van der Waals surface area contributed by atoms with Gasteiger partial charge in [-0.2, -0.15) is 0 Å². The quantitative estimate of drug-likeness (QED) is 0.899. The highest BCUT2D eigenvalue weighted by molar-refractivity contribution is 5.43. The Kier molecular flexibility index (Phi) is 4.19. The summed E-state index contributed by atoms with van der Waals surface area (Å²) in [5, 5.41) is 3.44. The lowest BCUT2D eigenvalue weighted by Crippen LogP contribution is -2.49. The van der Waals surface area contributed by atoms with Crippen LogP contribution in [0.3, 0.4) is 0 Å². The minimum Gasteiger partial charge on any atom is -0.486 e. The second-order valence-corrected chi connectivity index (χ2v) is 6.44. The van der Waals surface area contributed by atoms with Crippen LogP contribution in [-0.2, 0) is 6.54 Å². The second-order valence-electron chi connectivity index (χ2n) is 6.44. The van der Waals surface area contributed by atoms with E-state index in [1.54, 1.807) is 0 Å². The molecule has 5 nitrogen and oxygen atoms in total. The molecule has 1 aromatic rings. The van der Waals surface area contributed by atoms with Crippen molar-refractivity contribution in [2.45, 2.75) is 19.0 Å². The van der Waals surface area contributed by atoms with E-state index in [1.807, 2.05) is 6.07 Å². The molecule has 3 aliphatic heterocycles. The van der Waals surface area contributed by atoms with E-state index in [4.69, 9.17) is 9.47 Å². The molecule has 0 radical (unpaired) electrons. The number of ether oxygens (including phenoxy) is 2. The van der Waals surface area contributed by atoms with E-state index in [-0.39, 0.29) is 0 Å². The van der Waals surface area contributed by atoms with Crippen LogP contribution >= 0.6 is 0 Å². The van der Waals surface area contributed by atoms with Gasteiger partial charge in [0.1, 0.15) is 13.2 Å². The van der Waals surface area contributed by atoms with E-state index >= 15 is 0 Å². The van der Waals surface area contributed by atoms with E-state index in [2.05, 4.69) is 27.2 Å². The van der Waals surface area contributed by atoms with Gasteiger partial charge in [-0.1, -0.05) is 6.07 Å². The van der Waals surface area contributed by atoms with Gasteiger partial charge < -0.3 is 14.8 Å². The molecule has 2 saturated heterocycles. The van der Waals surface area contributed by atoms with Crippen LogP contribution in [-0.4, -0.2) is 68.3 Å². The molecule has 120 valence electrons. The summed E-state index contributed by atoms with van der Waals surface area (Å²) >= 11 is 0.